The molecule has 0 radical (unpaired) electrons. The zero-order chi connectivity index (χ0) is 9.42. The minimum atomic E-state index is -0.726. The topological polar surface area (TPSA) is 79.4 Å². The predicted molar refractivity (Wildman–Crippen MR) is 46.4 cm³/mol. The molecular formula is C7H4BrNO4. The molecule has 2 aromatic rings. The van der Waals surface area contributed by atoms with E-state index < -0.39 is 5.76 Å². The molecule has 0 fully saturated rings. The molecule has 0 saturated carbocycles. The van der Waals surface area contributed by atoms with Gasteiger partial charge in [-0.3, -0.25) is 4.98 Å². The highest BCUT2D eigenvalue weighted by Gasteiger charge is 2.17. The van der Waals surface area contributed by atoms with E-state index in [9.17, 15) is 9.90 Å². The standard InChI is InChI=1S/C7H4BrNO4/c8-3-1-2-12-4(3)5-6(10)9-7(11)13-5/h1-2,10H,(H,9,11). The van der Waals surface area contributed by atoms with Gasteiger partial charge in [0.1, 0.15) is 0 Å². The molecule has 5 nitrogen and oxygen atoms in total. The largest absolute Gasteiger partial charge is 0.492 e. The van der Waals surface area contributed by atoms with Gasteiger partial charge in [0, 0.05) is 0 Å². The van der Waals surface area contributed by atoms with Crippen LogP contribution in [0.15, 0.2) is 30.4 Å². The normalized spacial score (nSPS) is 10.5. The molecule has 0 aliphatic carbocycles. The summed E-state index contributed by atoms with van der Waals surface area (Å²) in [5, 5.41) is 9.20. The van der Waals surface area contributed by atoms with Gasteiger partial charge in [0.05, 0.1) is 10.7 Å². The molecule has 13 heavy (non-hydrogen) atoms. The average Bonchev–Trinajstić information content (AvgIpc) is 2.58. The second kappa shape index (κ2) is 2.81. The van der Waals surface area contributed by atoms with Crippen molar-refractivity contribution in [2.45, 2.75) is 0 Å². The summed E-state index contributed by atoms with van der Waals surface area (Å²) in [7, 11) is 0. The first kappa shape index (κ1) is 8.18. The molecule has 0 saturated heterocycles. The molecule has 6 heteroatoms. The smallest absolute Gasteiger partial charge is 0.419 e. The molecule has 2 heterocycles. The summed E-state index contributed by atoms with van der Waals surface area (Å²) < 4.78 is 10.2. The lowest BCUT2D eigenvalue weighted by atomic mass is 10.4. The minimum absolute atomic E-state index is 0.0122. The number of furan rings is 1. The summed E-state index contributed by atoms with van der Waals surface area (Å²) in [6.45, 7) is 0. The maximum absolute atomic E-state index is 10.7. The number of hydrogen-bond donors (Lipinski definition) is 2. The maximum atomic E-state index is 10.7. The van der Waals surface area contributed by atoms with Gasteiger partial charge in [-0.1, -0.05) is 0 Å². The number of rotatable bonds is 1. The molecule has 2 aromatic heterocycles. The van der Waals surface area contributed by atoms with Crippen molar-refractivity contribution in [2.24, 2.45) is 0 Å². The van der Waals surface area contributed by atoms with E-state index in [1.54, 1.807) is 6.07 Å². The Hall–Kier alpha value is -1.43. The number of hydrogen-bond acceptors (Lipinski definition) is 4. The van der Waals surface area contributed by atoms with Crippen LogP contribution in [0.1, 0.15) is 0 Å². The lowest BCUT2D eigenvalue weighted by Crippen LogP contribution is -1.92. The third-order valence-electron chi connectivity index (χ3n) is 1.45. The Morgan fingerprint density at radius 3 is 2.69 bits per heavy atom. The lowest BCUT2D eigenvalue weighted by Gasteiger charge is -1.90. The SMILES string of the molecule is O=c1[nH]c(O)c(-c2occc2Br)o1. The summed E-state index contributed by atoms with van der Waals surface area (Å²) in [6.07, 6.45) is 1.41. The fraction of sp³-hybridized carbons (Fsp3) is 0. The monoisotopic (exact) mass is 245 g/mol. The lowest BCUT2D eigenvalue weighted by molar-refractivity contribution is 0.444. The fourth-order valence-electron chi connectivity index (χ4n) is 0.930. The molecule has 0 atom stereocenters. The molecule has 0 aliphatic heterocycles. The maximum Gasteiger partial charge on any atom is 0.419 e. The summed E-state index contributed by atoms with van der Waals surface area (Å²) in [5.74, 6) is -0.811. The number of aromatic nitrogens is 1. The minimum Gasteiger partial charge on any atom is -0.492 e. The van der Waals surface area contributed by atoms with Crippen LogP contribution in [0.25, 0.3) is 11.5 Å². The Morgan fingerprint density at radius 1 is 1.46 bits per heavy atom. The van der Waals surface area contributed by atoms with Gasteiger partial charge in [-0.25, -0.2) is 4.79 Å². The van der Waals surface area contributed by atoms with Crippen LogP contribution in [0.5, 0.6) is 5.88 Å². The zero-order valence-corrected chi connectivity index (χ0v) is 7.79. The Labute approximate surface area is 80.1 Å². The number of oxazole rings is 1. The van der Waals surface area contributed by atoms with Crippen molar-refractivity contribution in [3.8, 4) is 17.4 Å². The summed E-state index contributed by atoms with van der Waals surface area (Å²) in [6, 6.07) is 1.63. The molecule has 0 aliphatic rings. The molecule has 68 valence electrons. The van der Waals surface area contributed by atoms with Gasteiger partial charge in [-0.05, 0) is 22.0 Å². The van der Waals surface area contributed by atoms with Crippen molar-refractivity contribution >= 4 is 15.9 Å². The van der Waals surface area contributed by atoms with Crippen molar-refractivity contribution < 1.29 is 13.9 Å². The van der Waals surface area contributed by atoms with E-state index in [1.165, 1.54) is 6.26 Å². The zero-order valence-electron chi connectivity index (χ0n) is 6.20. The molecule has 2 rings (SSSR count). The van der Waals surface area contributed by atoms with Crippen LogP contribution in [0.2, 0.25) is 0 Å². The van der Waals surface area contributed by atoms with Crippen molar-refractivity contribution in [2.75, 3.05) is 0 Å². The number of aromatic amines is 1. The third kappa shape index (κ3) is 1.29. The molecule has 0 unspecified atom stereocenters. The molecule has 0 spiro atoms. The van der Waals surface area contributed by atoms with Crippen LogP contribution >= 0.6 is 15.9 Å². The van der Waals surface area contributed by atoms with E-state index in [0.717, 1.165) is 0 Å². The molecular weight excluding hydrogens is 242 g/mol. The van der Waals surface area contributed by atoms with Crippen molar-refractivity contribution in [3.05, 3.63) is 27.4 Å². The van der Waals surface area contributed by atoms with Gasteiger partial charge < -0.3 is 13.9 Å². The second-order valence-electron chi connectivity index (χ2n) is 2.29. The van der Waals surface area contributed by atoms with Gasteiger partial charge in [-0.2, -0.15) is 0 Å². The molecule has 2 N–H and O–H groups in total. The number of H-pyrrole nitrogens is 1. The quantitative estimate of drug-likeness (QED) is 0.802. The van der Waals surface area contributed by atoms with Crippen LogP contribution in [-0.2, 0) is 0 Å². The van der Waals surface area contributed by atoms with Crippen molar-refractivity contribution in [1.82, 2.24) is 4.98 Å². The molecule has 0 aromatic carbocycles. The number of nitrogens with one attached hydrogen (secondary N) is 1. The van der Waals surface area contributed by atoms with Gasteiger partial charge in [-0.15, -0.1) is 0 Å². The first-order chi connectivity index (χ1) is 6.18. The van der Waals surface area contributed by atoms with E-state index in [0.29, 0.717) is 4.47 Å². The van der Waals surface area contributed by atoms with Gasteiger partial charge >= 0.3 is 5.76 Å². The first-order valence-electron chi connectivity index (χ1n) is 3.34. The van der Waals surface area contributed by atoms with Crippen molar-refractivity contribution in [3.63, 3.8) is 0 Å². The molecule has 0 bridgehead atoms. The highest BCUT2D eigenvalue weighted by Crippen LogP contribution is 2.32. The number of halogens is 1. The summed E-state index contributed by atoms with van der Waals surface area (Å²) in [4.78, 5) is 12.8. The van der Waals surface area contributed by atoms with E-state index >= 15 is 0 Å². The predicted octanol–water partition coefficient (Wildman–Crippen LogP) is 1.70. The van der Waals surface area contributed by atoms with Crippen LogP contribution in [0.4, 0.5) is 0 Å². The van der Waals surface area contributed by atoms with E-state index in [4.69, 9.17) is 4.42 Å². The Bertz CT molecular complexity index is 481. The van der Waals surface area contributed by atoms with Crippen molar-refractivity contribution in [1.29, 1.82) is 0 Å². The van der Waals surface area contributed by atoms with Crippen LogP contribution < -0.4 is 5.76 Å². The summed E-state index contributed by atoms with van der Waals surface area (Å²) in [5.41, 5.74) is 0. The Kier molecular flexibility index (Phi) is 1.77. The van der Waals surface area contributed by atoms with Gasteiger partial charge in [0.25, 0.3) is 0 Å². The van der Waals surface area contributed by atoms with Crippen LogP contribution in [0.3, 0.4) is 0 Å². The van der Waals surface area contributed by atoms with E-state index in [-0.39, 0.29) is 17.4 Å². The molecule has 0 amide bonds. The van der Waals surface area contributed by atoms with Gasteiger partial charge in [0.2, 0.25) is 11.6 Å². The summed E-state index contributed by atoms with van der Waals surface area (Å²) >= 11 is 3.17. The van der Waals surface area contributed by atoms with E-state index in [2.05, 4.69) is 25.3 Å². The third-order valence-corrected chi connectivity index (χ3v) is 2.08. The Balaban J connectivity index is 2.65. The highest BCUT2D eigenvalue weighted by atomic mass is 79.9. The fourth-order valence-corrected chi connectivity index (χ4v) is 1.31. The van der Waals surface area contributed by atoms with Gasteiger partial charge in [0.15, 0.2) is 5.76 Å². The Morgan fingerprint density at radius 2 is 2.23 bits per heavy atom. The van der Waals surface area contributed by atoms with Crippen LogP contribution in [0, 0.1) is 0 Å². The average molecular weight is 246 g/mol. The first-order valence-corrected chi connectivity index (χ1v) is 4.13. The van der Waals surface area contributed by atoms with Crippen LogP contribution in [-0.4, -0.2) is 10.1 Å². The van der Waals surface area contributed by atoms with E-state index in [1.807, 2.05) is 0 Å². The highest BCUT2D eigenvalue weighted by molar-refractivity contribution is 9.10. The second-order valence-corrected chi connectivity index (χ2v) is 3.14. The number of aromatic hydroxyl groups is 1.